The third-order valence-electron chi connectivity index (χ3n) is 6.41. The summed E-state index contributed by atoms with van der Waals surface area (Å²) in [6.45, 7) is 9.06. The van der Waals surface area contributed by atoms with Crippen LogP contribution in [0.3, 0.4) is 0 Å². The lowest BCUT2D eigenvalue weighted by Gasteiger charge is -2.14. The van der Waals surface area contributed by atoms with Gasteiger partial charge >= 0.3 is 0 Å². The quantitative estimate of drug-likeness (QED) is 0.374. The van der Waals surface area contributed by atoms with Gasteiger partial charge in [0.05, 0.1) is 17.3 Å². The minimum atomic E-state index is -0.226. The van der Waals surface area contributed by atoms with E-state index in [1.54, 1.807) is 6.20 Å². The molecule has 0 unspecified atom stereocenters. The highest BCUT2D eigenvalue weighted by molar-refractivity contribution is 6.08. The number of rotatable bonds is 8. The third kappa shape index (κ3) is 5.26. The number of fused-ring (bicyclic) bond motifs is 1. The summed E-state index contributed by atoms with van der Waals surface area (Å²) in [5, 5.41) is 8.35. The minimum Gasteiger partial charge on any atom is -0.348 e. The molecule has 0 saturated heterocycles. The Balaban J connectivity index is 1.72. The summed E-state index contributed by atoms with van der Waals surface area (Å²) in [5.74, 6) is -0.226. The maximum Gasteiger partial charge on any atom is 0.253 e. The van der Waals surface area contributed by atoms with Crippen LogP contribution in [0.2, 0.25) is 0 Å². The zero-order chi connectivity index (χ0) is 26.0. The number of hydrogen-bond donors (Lipinski definition) is 2. The first-order valence-electron chi connectivity index (χ1n) is 12.4. The molecule has 2 heterocycles. The number of amides is 1. The molecule has 188 valence electrons. The van der Waals surface area contributed by atoms with Crippen LogP contribution in [0.25, 0.3) is 22.0 Å². The molecule has 0 aliphatic rings. The van der Waals surface area contributed by atoms with Crippen molar-refractivity contribution >= 4 is 16.8 Å². The molecular weight excluding hydrogens is 450 g/mol. The number of carbonyl (C=O) groups excluding carboxylic acids is 1. The molecule has 2 N–H and O–H groups in total. The van der Waals surface area contributed by atoms with Gasteiger partial charge in [-0.1, -0.05) is 31.2 Å². The van der Waals surface area contributed by atoms with E-state index in [2.05, 4.69) is 64.5 Å². The van der Waals surface area contributed by atoms with E-state index < -0.39 is 0 Å². The van der Waals surface area contributed by atoms with Crippen molar-refractivity contribution in [2.75, 3.05) is 14.1 Å². The first-order chi connectivity index (χ1) is 17.2. The monoisotopic (exact) mass is 485 g/mol. The van der Waals surface area contributed by atoms with E-state index in [4.69, 9.17) is 0 Å². The molecule has 0 aliphatic heterocycles. The Morgan fingerprint density at radius 1 is 1.11 bits per heavy atom. The van der Waals surface area contributed by atoms with Crippen molar-refractivity contribution < 1.29 is 4.79 Å². The average Bonchev–Trinajstić information content (AvgIpc) is 3.26. The first-order valence-corrected chi connectivity index (χ1v) is 12.4. The standard InChI is InChI=1S/C29H35N5O2/c1-7-21-12-19(4)32-29(36)25(21)15-30-28(35)24-13-23(14-27-26(24)16-31-34(27)18(2)3)22-10-8-20(9-11-22)17-33(5)6/h8-14,16,18H,7,15,17H2,1-6H3,(H,30,35)(H,32,36). The van der Waals surface area contributed by atoms with Crippen molar-refractivity contribution in [3.8, 4) is 11.1 Å². The van der Waals surface area contributed by atoms with Gasteiger partial charge in [-0.05, 0) is 81.7 Å². The van der Waals surface area contributed by atoms with Gasteiger partial charge in [-0.2, -0.15) is 5.10 Å². The molecule has 7 nitrogen and oxygen atoms in total. The Kier molecular flexibility index (Phi) is 7.40. The number of carbonyl (C=O) groups is 1. The lowest BCUT2D eigenvalue weighted by molar-refractivity contribution is 0.0952. The molecular formula is C29H35N5O2. The second kappa shape index (κ2) is 10.5. The fourth-order valence-electron chi connectivity index (χ4n) is 4.64. The molecule has 0 aliphatic carbocycles. The second-order valence-electron chi connectivity index (χ2n) is 9.90. The Labute approximate surface area is 212 Å². The molecule has 1 amide bonds. The van der Waals surface area contributed by atoms with E-state index in [0.717, 1.165) is 46.3 Å². The number of nitrogens with one attached hydrogen (secondary N) is 2. The largest absolute Gasteiger partial charge is 0.348 e. The van der Waals surface area contributed by atoms with E-state index in [1.807, 2.05) is 44.8 Å². The number of aryl methyl sites for hydroxylation is 2. The molecule has 0 fully saturated rings. The van der Waals surface area contributed by atoms with Crippen molar-refractivity contribution in [1.82, 2.24) is 25.0 Å². The average molecular weight is 486 g/mol. The zero-order valence-corrected chi connectivity index (χ0v) is 22.0. The van der Waals surface area contributed by atoms with Gasteiger partial charge in [-0.3, -0.25) is 14.3 Å². The van der Waals surface area contributed by atoms with Crippen LogP contribution in [0.1, 0.15) is 59.6 Å². The third-order valence-corrected chi connectivity index (χ3v) is 6.41. The highest BCUT2D eigenvalue weighted by Gasteiger charge is 2.18. The van der Waals surface area contributed by atoms with E-state index in [1.165, 1.54) is 5.56 Å². The normalized spacial score (nSPS) is 11.6. The number of aromatic amines is 1. The number of nitrogens with zero attached hydrogens (tertiary/aromatic N) is 3. The van der Waals surface area contributed by atoms with E-state index >= 15 is 0 Å². The van der Waals surface area contributed by atoms with Gasteiger partial charge in [0.1, 0.15) is 0 Å². The summed E-state index contributed by atoms with van der Waals surface area (Å²) in [6.07, 6.45) is 2.48. The van der Waals surface area contributed by atoms with Crippen molar-refractivity contribution in [3.05, 3.63) is 87.0 Å². The fraction of sp³-hybridized carbons (Fsp3) is 0.345. The van der Waals surface area contributed by atoms with Crippen LogP contribution in [0, 0.1) is 6.92 Å². The summed E-state index contributed by atoms with van der Waals surface area (Å²) in [4.78, 5) is 31.0. The fourth-order valence-corrected chi connectivity index (χ4v) is 4.64. The molecule has 2 aromatic carbocycles. The van der Waals surface area contributed by atoms with Crippen LogP contribution in [-0.2, 0) is 19.5 Å². The Morgan fingerprint density at radius 2 is 1.83 bits per heavy atom. The van der Waals surface area contributed by atoms with Crippen molar-refractivity contribution in [3.63, 3.8) is 0 Å². The SMILES string of the molecule is CCc1cc(C)[nH]c(=O)c1CNC(=O)c1cc(-c2ccc(CN(C)C)cc2)cc2c1cnn2C(C)C. The Bertz CT molecular complexity index is 1450. The van der Waals surface area contributed by atoms with Crippen LogP contribution in [0.4, 0.5) is 0 Å². The number of pyridine rings is 1. The minimum absolute atomic E-state index is 0.148. The molecule has 2 aromatic heterocycles. The second-order valence-corrected chi connectivity index (χ2v) is 9.90. The highest BCUT2D eigenvalue weighted by Crippen LogP contribution is 2.30. The van der Waals surface area contributed by atoms with Gasteiger partial charge in [0, 0.05) is 35.8 Å². The van der Waals surface area contributed by atoms with Gasteiger partial charge < -0.3 is 15.2 Å². The van der Waals surface area contributed by atoms with Crippen LogP contribution < -0.4 is 10.9 Å². The summed E-state index contributed by atoms with van der Waals surface area (Å²) >= 11 is 0. The van der Waals surface area contributed by atoms with Crippen LogP contribution in [-0.4, -0.2) is 39.7 Å². The maximum atomic E-state index is 13.5. The van der Waals surface area contributed by atoms with E-state index in [0.29, 0.717) is 11.1 Å². The van der Waals surface area contributed by atoms with Crippen LogP contribution in [0.5, 0.6) is 0 Å². The van der Waals surface area contributed by atoms with Crippen LogP contribution in [0.15, 0.2) is 53.5 Å². The summed E-state index contributed by atoms with van der Waals surface area (Å²) in [6, 6.07) is 14.6. The molecule has 0 spiro atoms. The molecule has 4 aromatic rings. The van der Waals surface area contributed by atoms with Crippen LogP contribution >= 0.6 is 0 Å². The molecule has 0 bridgehead atoms. The smallest absolute Gasteiger partial charge is 0.253 e. The molecule has 0 atom stereocenters. The van der Waals surface area contributed by atoms with Gasteiger partial charge in [0.15, 0.2) is 0 Å². The molecule has 0 saturated carbocycles. The van der Waals surface area contributed by atoms with Crippen molar-refractivity contribution in [2.45, 2.75) is 53.2 Å². The molecule has 36 heavy (non-hydrogen) atoms. The van der Waals surface area contributed by atoms with Gasteiger partial charge in [-0.25, -0.2) is 0 Å². The van der Waals surface area contributed by atoms with Gasteiger partial charge in [0.2, 0.25) is 0 Å². The molecule has 7 heteroatoms. The number of aromatic nitrogens is 3. The predicted octanol–water partition coefficient (Wildman–Crippen LogP) is 4.83. The number of H-pyrrole nitrogens is 1. The van der Waals surface area contributed by atoms with Crippen molar-refractivity contribution in [2.24, 2.45) is 0 Å². The lowest BCUT2D eigenvalue weighted by Crippen LogP contribution is -2.28. The Hall–Kier alpha value is -3.71. The summed E-state index contributed by atoms with van der Waals surface area (Å²) in [5.41, 5.74) is 6.88. The van der Waals surface area contributed by atoms with Crippen molar-refractivity contribution in [1.29, 1.82) is 0 Å². The lowest BCUT2D eigenvalue weighted by atomic mass is 9.98. The van der Waals surface area contributed by atoms with Gasteiger partial charge in [0.25, 0.3) is 11.5 Å². The van der Waals surface area contributed by atoms with E-state index in [9.17, 15) is 9.59 Å². The number of hydrogen-bond acceptors (Lipinski definition) is 4. The topological polar surface area (TPSA) is 83.0 Å². The zero-order valence-electron chi connectivity index (χ0n) is 22.0. The maximum absolute atomic E-state index is 13.5. The Morgan fingerprint density at radius 3 is 2.47 bits per heavy atom. The van der Waals surface area contributed by atoms with Gasteiger partial charge in [-0.15, -0.1) is 0 Å². The van der Waals surface area contributed by atoms with E-state index in [-0.39, 0.29) is 24.1 Å². The first kappa shape index (κ1) is 25.4. The predicted molar refractivity (Wildman–Crippen MR) is 145 cm³/mol. The summed E-state index contributed by atoms with van der Waals surface area (Å²) < 4.78 is 1.94. The number of benzene rings is 2. The molecule has 0 radical (unpaired) electrons. The molecule has 4 rings (SSSR count). The highest BCUT2D eigenvalue weighted by atomic mass is 16.1. The summed E-state index contributed by atoms with van der Waals surface area (Å²) in [7, 11) is 4.10.